The first-order chi connectivity index (χ1) is 6.56. The first-order valence-corrected chi connectivity index (χ1v) is 4.77. The molecule has 4 heteroatoms. The maximum Gasteiger partial charge on any atom is 0.316 e. The van der Waals surface area contributed by atoms with Crippen molar-refractivity contribution in [2.75, 3.05) is 6.61 Å². The zero-order valence-electron chi connectivity index (χ0n) is 8.41. The lowest BCUT2D eigenvalue weighted by molar-refractivity contribution is -0.155. The van der Waals surface area contributed by atoms with E-state index in [2.05, 4.69) is 0 Å². The molecule has 78 valence electrons. The van der Waals surface area contributed by atoms with Crippen LogP contribution in [0.25, 0.3) is 0 Å². The Morgan fingerprint density at radius 1 is 1.50 bits per heavy atom. The molecule has 0 N–H and O–H groups in total. The molecule has 1 aliphatic carbocycles. The Balaban J connectivity index is 2.71. The van der Waals surface area contributed by atoms with Crippen molar-refractivity contribution >= 4 is 17.5 Å². The highest BCUT2D eigenvalue weighted by Gasteiger charge is 2.39. The summed E-state index contributed by atoms with van der Waals surface area (Å²) >= 11 is 0. The lowest BCUT2D eigenvalue weighted by atomic mass is 9.79. The van der Waals surface area contributed by atoms with Crippen molar-refractivity contribution in [3.8, 4) is 0 Å². The van der Waals surface area contributed by atoms with Crippen LogP contribution in [0.1, 0.15) is 26.7 Å². The van der Waals surface area contributed by atoms with Crippen molar-refractivity contribution in [3.63, 3.8) is 0 Å². The standard InChI is InChI=1S/C10H14O4/c1-3-14-10(13)9-6(2)4-7(11)5-8(9)12/h6,9H,3-5H2,1-2H3/t6-,9+/m1/s1. The topological polar surface area (TPSA) is 60.4 Å². The summed E-state index contributed by atoms with van der Waals surface area (Å²) in [5.41, 5.74) is 0. The Bertz CT molecular complexity index is 269. The summed E-state index contributed by atoms with van der Waals surface area (Å²) in [4.78, 5) is 33.8. The van der Waals surface area contributed by atoms with Gasteiger partial charge in [-0.05, 0) is 12.8 Å². The predicted molar refractivity (Wildman–Crippen MR) is 48.5 cm³/mol. The molecule has 1 fully saturated rings. The van der Waals surface area contributed by atoms with E-state index in [9.17, 15) is 14.4 Å². The SMILES string of the molecule is CCOC(=O)[C@@H]1C(=O)CC(=O)C[C@H]1C. The molecule has 0 amide bonds. The van der Waals surface area contributed by atoms with Crippen LogP contribution in [0.2, 0.25) is 0 Å². The molecule has 0 aromatic heterocycles. The third kappa shape index (κ3) is 2.19. The molecular formula is C10H14O4. The van der Waals surface area contributed by atoms with E-state index in [1.54, 1.807) is 13.8 Å². The van der Waals surface area contributed by atoms with Gasteiger partial charge in [-0.25, -0.2) is 0 Å². The molecule has 0 spiro atoms. The van der Waals surface area contributed by atoms with Crippen molar-refractivity contribution in [2.24, 2.45) is 11.8 Å². The van der Waals surface area contributed by atoms with Crippen LogP contribution >= 0.6 is 0 Å². The predicted octanol–water partition coefficient (Wildman–Crippen LogP) is 0.734. The van der Waals surface area contributed by atoms with Gasteiger partial charge >= 0.3 is 5.97 Å². The van der Waals surface area contributed by atoms with Crippen molar-refractivity contribution in [3.05, 3.63) is 0 Å². The lowest BCUT2D eigenvalue weighted by Crippen LogP contribution is -2.38. The minimum Gasteiger partial charge on any atom is -0.465 e. The van der Waals surface area contributed by atoms with Crippen molar-refractivity contribution in [1.29, 1.82) is 0 Å². The Kier molecular flexibility index (Phi) is 3.38. The summed E-state index contributed by atoms with van der Waals surface area (Å²) in [6.45, 7) is 3.70. The molecular weight excluding hydrogens is 184 g/mol. The van der Waals surface area contributed by atoms with E-state index in [1.807, 2.05) is 0 Å². The van der Waals surface area contributed by atoms with Crippen molar-refractivity contribution in [1.82, 2.24) is 0 Å². The molecule has 0 aromatic rings. The number of carbonyl (C=O) groups excluding carboxylic acids is 3. The van der Waals surface area contributed by atoms with Crippen molar-refractivity contribution < 1.29 is 19.1 Å². The summed E-state index contributed by atoms with van der Waals surface area (Å²) in [5.74, 6) is -1.82. The van der Waals surface area contributed by atoms with Crippen LogP contribution < -0.4 is 0 Å². The minimum absolute atomic E-state index is 0.0805. The third-order valence-electron chi connectivity index (χ3n) is 2.38. The molecule has 0 heterocycles. The third-order valence-corrected chi connectivity index (χ3v) is 2.38. The van der Waals surface area contributed by atoms with Crippen LogP contribution in [0.15, 0.2) is 0 Å². The van der Waals surface area contributed by atoms with E-state index in [-0.39, 0.29) is 30.5 Å². The van der Waals surface area contributed by atoms with Gasteiger partial charge in [-0.1, -0.05) is 6.92 Å². The van der Waals surface area contributed by atoms with Gasteiger partial charge in [0, 0.05) is 6.42 Å². The number of Topliss-reactive ketones (excluding diaryl/α,β-unsaturated/α-hetero) is 2. The molecule has 4 nitrogen and oxygen atoms in total. The number of ketones is 2. The van der Waals surface area contributed by atoms with Crippen LogP contribution in [0.5, 0.6) is 0 Å². The summed E-state index contributed by atoms with van der Waals surface area (Å²) in [6, 6.07) is 0. The van der Waals surface area contributed by atoms with Gasteiger partial charge in [0.15, 0.2) is 5.78 Å². The maximum absolute atomic E-state index is 11.4. The van der Waals surface area contributed by atoms with Gasteiger partial charge in [0.2, 0.25) is 0 Å². The molecule has 2 atom stereocenters. The smallest absolute Gasteiger partial charge is 0.316 e. The number of ether oxygens (including phenoxy) is 1. The summed E-state index contributed by atoms with van der Waals surface area (Å²) in [6.07, 6.45) is 0.184. The fourth-order valence-electron chi connectivity index (χ4n) is 1.77. The molecule has 0 unspecified atom stereocenters. The molecule has 0 aromatic carbocycles. The number of hydrogen-bond acceptors (Lipinski definition) is 4. The number of hydrogen-bond donors (Lipinski definition) is 0. The molecule has 0 saturated heterocycles. The highest BCUT2D eigenvalue weighted by atomic mass is 16.5. The van der Waals surface area contributed by atoms with Crippen LogP contribution in [0.4, 0.5) is 0 Å². The van der Waals surface area contributed by atoms with Crippen LogP contribution in [-0.4, -0.2) is 24.1 Å². The first-order valence-electron chi connectivity index (χ1n) is 4.77. The van der Waals surface area contributed by atoms with E-state index < -0.39 is 11.9 Å². The fourth-order valence-corrected chi connectivity index (χ4v) is 1.77. The van der Waals surface area contributed by atoms with Gasteiger partial charge in [-0.15, -0.1) is 0 Å². The maximum atomic E-state index is 11.4. The molecule has 0 bridgehead atoms. The average molecular weight is 198 g/mol. The molecule has 1 aliphatic rings. The van der Waals surface area contributed by atoms with E-state index in [4.69, 9.17) is 4.74 Å². The second-order valence-corrected chi connectivity index (χ2v) is 3.59. The van der Waals surface area contributed by atoms with Gasteiger partial charge in [-0.2, -0.15) is 0 Å². The van der Waals surface area contributed by atoms with Gasteiger partial charge < -0.3 is 4.74 Å². The summed E-state index contributed by atoms with van der Waals surface area (Å²) in [5, 5.41) is 0. The Morgan fingerprint density at radius 3 is 2.64 bits per heavy atom. The molecule has 0 radical (unpaired) electrons. The van der Waals surface area contributed by atoms with E-state index in [0.29, 0.717) is 6.42 Å². The highest BCUT2D eigenvalue weighted by molar-refractivity contribution is 6.10. The largest absolute Gasteiger partial charge is 0.465 e. The van der Waals surface area contributed by atoms with Gasteiger partial charge in [0.05, 0.1) is 13.0 Å². The molecule has 14 heavy (non-hydrogen) atoms. The number of carbonyl (C=O) groups is 3. The average Bonchev–Trinajstić information content (AvgIpc) is 2.01. The van der Waals surface area contributed by atoms with Crippen LogP contribution in [-0.2, 0) is 19.1 Å². The zero-order chi connectivity index (χ0) is 10.7. The van der Waals surface area contributed by atoms with Gasteiger partial charge in [0.25, 0.3) is 0 Å². The first kappa shape index (κ1) is 10.9. The van der Waals surface area contributed by atoms with Crippen molar-refractivity contribution in [2.45, 2.75) is 26.7 Å². The number of rotatable bonds is 2. The molecule has 0 aliphatic heterocycles. The van der Waals surface area contributed by atoms with E-state index in [0.717, 1.165) is 0 Å². The van der Waals surface area contributed by atoms with Gasteiger partial charge in [0.1, 0.15) is 11.7 Å². The monoisotopic (exact) mass is 198 g/mol. The van der Waals surface area contributed by atoms with Crippen LogP contribution in [0.3, 0.4) is 0 Å². The zero-order valence-corrected chi connectivity index (χ0v) is 8.41. The normalized spacial score (nSPS) is 27.6. The van der Waals surface area contributed by atoms with Gasteiger partial charge in [-0.3, -0.25) is 14.4 Å². The Hall–Kier alpha value is -1.19. The van der Waals surface area contributed by atoms with E-state index in [1.165, 1.54) is 0 Å². The van der Waals surface area contributed by atoms with Crippen LogP contribution in [0, 0.1) is 11.8 Å². The van der Waals surface area contributed by atoms with E-state index >= 15 is 0 Å². The number of esters is 1. The highest BCUT2D eigenvalue weighted by Crippen LogP contribution is 2.25. The summed E-state index contributed by atoms with van der Waals surface area (Å²) < 4.78 is 4.79. The lowest BCUT2D eigenvalue weighted by Gasteiger charge is -2.24. The Labute approximate surface area is 82.6 Å². The quantitative estimate of drug-likeness (QED) is 0.485. The Morgan fingerprint density at radius 2 is 2.14 bits per heavy atom. The minimum atomic E-state index is -0.729. The fraction of sp³-hybridized carbons (Fsp3) is 0.700. The summed E-state index contributed by atoms with van der Waals surface area (Å²) in [7, 11) is 0. The second kappa shape index (κ2) is 4.35. The second-order valence-electron chi connectivity index (χ2n) is 3.59. The molecule has 1 saturated carbocycles. The molecule has 1 rings (SSSR count).